The average molecular weight is 292 g/mol. The van der Waals surface area contributed by atoms with Crippen LogP contribution in [0.2, 0.25) is 5.15 Å². The summed E-state index contributed by atoms with van der Waals surface area (Å²) in [6.45, 7) is 4.29. The molecule has 0 fully saturated rings. The number of aryl methyl sites for hydroxylation is 2. The molecular weight excluding hydrogens is 275 g/mol. The Bertz CT molecular complexity index is 329. The fourth-order valence-electron chi connectivity index (χ4n) is 1.36. The molecule has 0 spiro atoms. The normalized spacial score (nSPS) is 10.7. The predicted molar refractivity (Wildman–Crippen MR) is 67.3 cm³/mol. The maximum atomic E-state index is 6.04. The van der Waals surface area contributed by atoms with Gasteiger partial charge in [-0.2, -0.15) is 0 Å². The Kier molecular flexibility index (Phi) is 5.54. The van der Waals surface area contributed by atoms with Crippen molar-refractivity contribution in [3.63, 3.8) is 0 Å². The van der Waals surface area contributed by atoms with Crippen molar-refractivity contribution in [1.82, 2.24) is 9.97 Å². The third kappa shape index (κ3) is 3.72. The lowest BCUT2D eigenvalue weighted by Crippen LogP contribution is -2.02. The van der Waals surface area contributed by atoms with Gasteiger partial charge in [0.05, 0.1) is 10.2 Å². The third-order valence-electron chi connectivity index (χ3n) is 2.17. The second-order valence-corrected chi connectivity index (χ2v) is 4.70. The summed E-state index contributed by atoms with van der Waals surface area (Å²) in [7, 11) is 0. The average Bonchev–Trinajstić information content (AvgIpc) is 2.22. The summed E-state index contributed by atoms with van der Waals surface area (Å²) >= 11 is 9.46. The molecule has 1 rings (SSSR count). The minimum atomic E-state index is 0.541. The maximum absolute atomic E-state index is 6.04. The molecule has 0 aromatic carbocycles. The first-order valence-electron chi connectivity index (χ1n) is 5.39. The molecular formula is C11H16BrClN2. The van der Waals surface area contributed by atoms with E-state index in [1.807, 2.05) is 0 Å². The standard InChI is InChI=1S/C11H16BrClN2/c1-3-5-7-9-14-8(6-4-2)10(12)11(13)15-9/h3-7H2,1-2H3. The van der Waals surface area contributed by atoms with Crippen molar-refractivity contribution in [2.75, 3.05) is 0 Å². The van der Waals surface area contributed by atoms with Crippen LogP contribution in [-0.4, -0.2) is 9.97 Å². The predicted octanol–water partition coefficient (Wildman–Crippen LogP) is 4.19. The van der Waals surface area contributed by atoms with Gasteiger partial charge in [0.1, 0.15) is 11.0 Å². The Hall–Kier alpha value is -0.150. The third-order valence-corrected chi connectivity index (χ3v) is 3.50. The van der Waals surface area contributed by atoms with Crippen molar-refractivity contribution in [1.29, 1.82) is 0 Å². The molecule has 15 heavy (non-hydrogen) atoms. The zero-order valence-electron chi connectivity index (χ0n) is 9.19. The van der Waals surface area contributed by atoms with Crippen molar-refractivity contribution in [3.8, 4) is 0 Å². The van der Waals surface area contributed by atoms with Gasteiger partial charge in [-0.1, -0.05) is 38.3 Å². The maximum Gasteiger partial charge on any atom is 0.147 e. The summed E-state index contributed by atoms with van der Waals surface area (Å²) in [5.74, 6) is 0.869. The molecule has 1 aromatic rings. The summed E-state index contributed by atoms with van der Waals surface area (Å²) in [6.07, 6.45) is 5.20. The van der Waals surface area contributed by atoms with Gasteiger partial charge in [0.2, 0.25) is 0 Å². The Morgan fingerprint density at radius 2 is 1.87 bits per heavy atom. The van der Waals surface area contributed by atoms with Crippen LogP contribution in [0.25, 0.3) is 0 Å². The van der Waals surface area contributed by atoms with Crippen LogP contribution >= 0.6 is 27.5 Å². The summed E-state index contributed by atoms with van der Waals surface area (Å²) in [5.41, 5.74) is 1.03. The number of aromatic nitrogens is 2. The highest BCUT2D eigenvalue weighted by atomic mass is 79.9. The summed E-state index contributed by atoms with van der Waals surface area (Å²) in [5, 5.41) is 0.541. The second-order valence-electron chi connectivity index (χ2n) is 3.54. The highest BCUT2D eigenvalue weighted by Crippen LogP contribution is 2.24. The first-order chi connectivity index (χ1) is 7.19. The molecule has 0 atom stereocenters. The molecule has 0 N–H and O–H groups in total. The molecule has 0 saturated heterocycles. The van der Waals surface area contributed by atoms with Crippen LogP contribution in [0.1, 0.15) is 44.6 Å². The topological polar surface area (TPSA) is 25.8 Å². The Morgan fingerprint density at radius 1 is 1.13 bits per heavy atom. The minimum Gasteiger partial charge on any atom is -0.237 e. The monoisotopic (exact) mass is 290 g/mol. The molecule has 0 amide bonds. The number of nitrogens with zero attached hydrogens (tertiary/aromatic N) is 2. The minimum absolute atomic E-state index is 0.541. The zero-order chi connectivity index (χ0) is 11.3. The highest BCUT2D eigenvalue weighted by molar-refractivity contribution is 9.10. The lowest BCUT2D eigenvalue weighted by atomic mass is 10.2. The molecule has 0 aliphatic rings. The number of hydrogen-bond acceptors (Lipinski definition) is 2. The molecule has 4 heteroatoms. The van der Waals surface area contributed by atoms with Crippen molar-refractivity contribution in [2.45, 2.75) is 46.0 Å². The molecule has 0 bridgehead atoms. The van der Waals surface area contributed by atoms with Crippen LogP contribution in [0.5, 0.6) is 0 Å². The van der Waals surface area contributed by atoms with Gasteiger partial charge in [0.15, 0.2) is 0 Å². The van der Waals surface area contributed by atoms with Crippen molar-refractivity contribution in [3.05, 3.63) is 21.1 Å². The molecule has 84 valence electrons. The van der Waals surface area contributed by atoms with E-state index in [1.54, 1.807) is 0 Å². The molecule has 2 nitrogen and oxygen atoms in total. The van der Waals surface area contributed by atoms with Gasteiger partial charge in [-0.15, -0.1) is 0 Å². The lowest BCUT2D eigenvalue weighted by Gasteiger charge is -2.06. The van der Waals surface area contributed by atoms with Gasteiger partial charge < -0.3 is 0 Å². The van der Waals surface area contributed by atoms with Gasteiger partial charge in [-0.25, -0.2) is 9.97 Å². The molecule has 1 heterocycles. The molecule has 0 unspecified atom stereocenters. The van der Waals surface area contributed by atoms with Crippen LogP contribution < -0.4 is 0 Å². The van der Waals surface area contributed by atoms with Crippen LogP contribution in [0, 0.1) is 0 Å². The molecule has 0 saturated carbocycles. The van der Waals surface area contributed by atoms with Gasteiger partial charge in [0, 0.05) is 6.42 Å². The summed E-state index contributed by atoms with van der Waals surface area (Å²) in [6, 6.07) is 0. The van der Waals surface area contributed by atoms with E-state index in [0.29, 0.717) is 5.15 Å². The Labute approximate surface area is 105 Å². The molecule has 0 aliphatic carbocycles. The van der Waals surface area contributed by atoms with Gasteiger partial charge >= 0.3 is 0 Å². The summed E-state index contributed by atoms with van der Waals surface area (Å²) in [4.78, 5) is 8.78. The van der Waals surface area contributed by atoms with E-state index in [0.717, 1.165) is 48.1 Å². The quantitative estimate of drug-likeness (QED) is 0.760. The lowest BCUT2D eigenvalue weighted by molar-refractivity contribution is 0.735. The van der Waals surface area contributed by atoms with E-state index in [-0.39, 0.29) is 0 Å². The largest absolute Gasteiger partial charge is 0.237 e. The van der Waals surface area contributed by atoms with E-state index in [2.05, 4.69) is 39.7 Å². The highest BCUT2D eigenvalue weighted by Gasteiger charge is 2.09. The number of unbranched alkanes of at least 4 members (excludes halogenated alkanes) is 1. The number of hydrogen-bond donors (Lipinski definition) is 0. The van der Waals surface area contributed by atoms with Gasteiger partial charge in [0.25, 0.3) is 0 Å². The fraction of sp³-hybridized carbons (Fsp3) is 0.636. The number of rotatable bonds is 5. The summed E-state index contributed by atoms with van der Waals surface area (Å²) < 4.78 is 0.853. The van der Waals surface area contributed by atoms with E-state index in [4.69, 9.17) is 11.6 Å². The van der Waals surface area contributed by atoms with Crippen molar-refractivity contribution >= 4 is 27.5 Å². The van der Waals surface area contributed by atoms with Gasteiger partial charge in [-0.05, 0) is 28.8 Å². The molecule has 0 radical (unpaired) electrons. The van der Waals surface area contributed by atoms with Crippen molar-refractivity contribution < 1.29 is 0 Å². The molecule has 0 aliphatic heterocycles. The van der Waals surface area contributed by atoms with E-state index in [9.17, 15) is 0 Å². The van der Waals surface area contributed by atoms with Crippen LogP contribution in [0.15, 0.2) is 4.47 Å². The first-order valence-corrected chi connectivity index (χ1v) is 6.56. The van der Waals surface area contributed by atoms with Crippen LogP contribution in [0.3, 0.4) is 0 Å². The van der Waals surface area contributed by atoms with Crippen molar-refractivity contribution in [2.24, 2.45) is 0 Å². The molecule has 1 aromatic heterocycles. The fourth-order valence-corrected chi connectivity index (χ4v) is 1.94. The Morgan fingerprint density at radius 3 is 2.47 bits per heavy atom. The Balaban J connectivity index is 2.90. The van der Waals surface area contributed by atoms with Gasteiger partial charge in [-0.3, -0.25) is 0 Å². The second kappa shape index (κ2) is 6.44. The number of halogens is 2. The van der Waals surface area contributed by atoms with Crippen LogP contribution in [-0.2, 0) is 12.8 Å². The van der Waals surface area contributed by atoms with Crippen LogP contribution in [0.4, 0.5) is 0 Å². The van der Waals surface area contributed by atoms with E-state index in [1.165, 1.54) is 0 Å². The van der Waals surface area contributed by atoms with E-state index < -0.39 is 0 Å². The smallest absolute Gasteiger partial charge is 0.147 e. The van der Waals surface area contributed by atoms with E-state index >= 15 is 0 Å². The SMILES string of the molecule is CCCCc1nc(Cl)c(Br)c(CCC)n1. The first kappa shape index (κ1) is 12.9. The zero-order valence-corrected chi connectivity index (χ0v) is 11.5.